The standard InChI is InChI=1S/C19H16Cl2N2S/c1-2-23(18-9-5-7-13-6-3-4-8-15(13)18)19(24)22-17-11-10-14(20)12-16(17)21/h3-12H,2H2,1H3,(H,22,24). The van der Waals surface area contributed by atoms with Crippen molar-refractivity contribution in [3.63, 3.8) is 0 Å². The number of thiocarbonyl (C=S) groups is 1. The Hall–Kier alpha value is -1.81. The highest BCUT2D eigenvalue weighted by molar-refractivity contribution is 7.80. The molecule has 24 heavy (non-hydrogen) atoms. The smallest absolute Gasteiger partial charge is 0.177 e. The zero-order valence-corrected chi connectivity index (χ0v) is 15.4. The lowest BCUT2D eigenvalue weighted by molar-refractivity contribution is 1.07. The second kappa shape index (κ2) is 7.39. The third-order valence-electron chi connectivity index (χ3n) is 3.79. The van der Waals surface area contributed by atoms with E-state index >= 15 is 0 Å². The van der Waals surface area contributed by atoms with E-state index in [0.717, 1.165) is 23.3 Å². The zero-order chi connectivity index (χ0) is 17.1. The number of rotatable bonds is 3. The molecule has 3 aromatic carbocycles. The fourth-order valence-corrected chi connectivity index (χ4v) is 3.43. The third-order valence-corrected chi connectivity index (χ3v) is 4.66. The van der Waals surface area contributed by atoms with Crippen LogP contribution in [0.5, 0.6) is 0 Å². The van der Waals surface area contributed by atoms with E-state index in [1.165, 1.54) is 5.39 Å². The van der Waals surface area contributed by atoms with Gasteiger partial charge in [0.2, 0.25) is 0 Å². The molecule has 0 aliphatic rings. The predicted molar refractivity (Wildman–Crippen MR) is 110 cm³/mol. The maximum atomic E-state index is 6.24. The largest absolute Gasteiger partial charge is 0.331 e. The Bertz CT molecular complexity index is 890. The molecule has 0 aromatic heterocycles. The molecule has 5 heteroatoms. The molecule has 0 fully saturated rings. The first-order chi connectivity index (χ1) is 11.6. The Morgan fingerprint density at radius 3 is 2.54 bits per heavy atom. The van der Waals surface area contributed by atoms with Crippen LogP contribution in [-0.2, 0) is 0 Å². The molecule has 2 nitrogen and oxygen atoms in total. The predicted octanol–water partition coefficient (Wildman–Crippen LogP) is 6.37. The van der Waals surface area contributed by atoms with Gasteiger partial charge < -0.3 is 10.2 Å². The molecule has 1 N–H and O–H groups in total. The molecule has 122 valence electrons. The van der Waals surface area contributed by atoms with E-state index in [-0.39, 0.29) is 0 Å². The lowest BCUT2D eigenvalue weighted by atomic mass is 10.1. The van der Waals surface area contributed by atoms with Crippen LogP contribution in [0, 0.1) is 0 Å². The lowest BCUT2D eigenvalue weighted by Crippen LogP contribution is -2.34. The Kier molecular flexibility index (Phi) is 5.24. The molecule has 0 unspecified atom stereocenters. The van der Waals surface area contributed by atoms with Gasteiger partial charge in [-0.25, -0.2) is 0 Å². The fourth-order valence-electron chi connectivity index (χ4n) is 2.64. The minimum atomic E-state index is 0.541. The first-order valence-electron chi connectivity index (χ1n) is 7.61. The summed E-state index contributed by atoms with van der Waals surface area (Å²) in [5.74, 6) is 0. The molecular weight excluding hydrogens is 359 g/mol. The SMILES string of the molecule is CCN(C(=S)Nc1ccc(Cl)cc1Cl)c1cccc2ccccc12. The summed E-state index contributed by atoms with van der Waals surface area (Å²) in [6, 6.07) is 19.8. The summed E-state index contributed by atoms with van der Waals surface area (Å²) < 4.78 is 0. The summed E-state index contributed by atoms with van der Waals surface area (Å²) in [7, 11) is 0. The molecule has 3 aromatic rings. The van der Waals surface area contributed by atoms with Crippen LogP contribution in [0.2, 0.25) is 10.0 Å². The van der Waals surface area contributed by atoms with Crippen LogP contribution < -0.4 is 10.2 Å². The summed E-state index contributed by atoms with van der Waals surface area (Å²) in [5.41, 5.74) is 1.81. The molecule has 0 atom stereocenters. The van der Waals surface area contributed by atoms with Gasteiger partial charge in [0.05, 0.1) is 16.4 Å². The van der Waals surface area contributed by atoms with Gasteiger partial charge in [0.25, 0.3) is 0 Å². The summed E-state index contributed by atoms with van der Waals surface area (Å²) in [4.78, 5) is 2.06. The van der Waals surface area contributed by atoms with Crippen LogP contribution in [0.4, 0.5) is 11.4 Å². The summed E-state index contributed by atoms with van der Waals surface area (Å²) in [6.07, 6.45) is 0. The van der Waals surface area contributed by atoms with E-state index < -0.39 is 0 Å². The van der Waals surface area contributed by atoms with Gasteiger partial charge in [-0.1, -0.05) is 59.6 Å². The average molecular weight is 375 g/mol. The second-order valence-corrected chi connectivity index (χ2v) is 6.53. The van der Waals surface area contributed by atoms with Crippen molar-refractivity contribution < 1.29 is 0 Å². The highest BCUT2D eigenvalue weighted by Gasteiger charge is 2.14. The number of hydrogen-bond donors (Lipinski definition) is 1. The van der Waals surface area contributed by atoms with E-state index in [2.05, 4.69) is 41.4 Å². The second-order valence-electron chi connectivity index (χ2n) is 5.30. The molecule has 0 aliphatic heterocycles. The van der Waals surface area contributed by atoms with Crippen molar-refractivity contribution in [3.8, 4) is 0 Å². The summed E-state index contributed by atoms with van der Waals surface area (Å²) >= 11 is 17.8. The molecule has 0 spiro atoms. The molecule has 0 heterocycles. The fraction of sp³-hybridized carbons (Fsp3) is 0.105. The van der Waals surface area contributed by atoms with Gasteiger partial charge in [-0.2, -0.15) is 0 Å². The van der Waals surface area contributed by atoms with Gasteiger partial charge >= 0.3 is 0 Å². The Morgan fingerprint density at radius 2 is 1.79 bits per heavy atom. The van der Waals surface area contributed by atoms with E-state index in [1.54, 1.807) is 12.1 Å². The van der Waals surface area contributed by atoms with Crippen molar-refractivity contribution in [1.82, 2.24) is 0 Å². The first-order valence-corrected chi connectivity index (χ1v) is 8.78. The van der Waals surface area contributed by atoms with Crippen LogP contribution in [0.3, 0.4) is 0 Å². The van der Waals surface area contributed by atoms with Crippen molar-refractivity contribution in [2.45, 2.75) is 6.92 Å². The van der Waals surface area contributed by atoms with Gasteiger partial charge in [-0.3, -0.25) is 0 Å². The van der Waals surface area contributed by atoms with Crippen LogP contribution in [0.15, 0.2) is 60.7 Å². The molecular formula is C19H16Cl2N2S. The molecule has 0 amide bonds. The zero-order valence-electron chi connectivity index (χ0n) is 13.1. The normalized spacial score (nSPS) is 10.6. The van der Waals surface area contributed by atoms with Crippen LogP contribution >= 0.6 is 35.4 Å². The van der Waals surface area contributed by atoms with Gasteiger partial charge in [-0.15, -0.1) is 0 Å². The number of hydrogen-bond acceptors (Lipinski definition) is 1. The molecule has 0 radical (unpaired) electrons. The maximum absolute atomic E-state index is 6.24. The topological polar surface area (TPSA) is 15.3 Å². The third kappa shape index (κ3) is 3.48. The number of fused-ring (bicyclic) bond motifs is 1. The highest BCUT2D eigenvalue weighted by Crippen LogP contribution is 2.29. The highest BCUT2D eigenvalue weighted by atomic mass is 35.5. The van der Waals surface area contributed by atoms with Crippen LogP contribution in [0.25, 0.3) is 10.8 Å². The monoisotopic (exact) mass is 374 g/mol. The van der Waals surface area contributed by atoms with Crippen molar-refractivity contribution in [1.29, 1.82) is 0 Å². The van der Waals surface area contributed by atoms with Crippen LogP contribution in [0.1, 0.15) is 6.92 Å². The number of nitrogens with one attached hydrogen (secondary N) is 1. The minimum absolute atomic E-state index is 0.541. The number of benzene rings is 3. The number of anilines is 2. The van der Waals surface area contributed by atoms with E-state index in [0.29, 0.717) is 15.2 Å². The maximum Gasteiger partial charge on any atom is 0.177 e. The Morgan fingerprint density at radius 1 is 1.04 bits per heavy atom. The molecule has 0 bridgehead atoms. The number of nitrogens with zero attached hydrogens (tertiary/aromatic N) is 1. The summed E-state index contributed by atoms with van der Waals surface area (Å²) in [5, 5.41) is 7.29. The van der Waals surface area contributed by atoms with E-state index in [4.69, 9.17) is 35.4 Å². The molecule has 3 rings (SSSR count). The van der Waals surface area contributed by atoms with Gasteiger partial charge in [0.15, 0.2) is 5.11 Å². The Labute approximate surface area is 157 Å². The van der Waals surface area contributed by atoms with Crippen molar-refractivity contribution >= 4 is 62.7 Å². The minimum Gasteiger partial charge on any atom is -0.331 e. The first kappa shape index (κ1) is 17.0. The lowest BCUT2D eigenvalue weighted by Gasteiger charge is -2.26. The molecule has 0 saturated heterocycles. The van der Waals surface area contributed by atoms with Crippen LogP contribution in [-0.4, -0.2) is 11.7 Å². The van der Waals surface area contributed by atoms with Crippen molar-refractivity contribution in [2.24, 2.45) is 0 Å². The van der Waals surface area contributed by atoms with Gasteiger partial charge in [0.1, 0.15) is 0 Å². The van der Waals surface area contributed by atoms with E-state index in [9.17, 15) is 0 Å². The van der Waals surface area contributed by atoms with Crippen molar-refractivity contribution in [3.05, 3.63) is 70.7 Å². The molecule has 0 saturated carbocycles. The quantitative estimate of drug-likeness (QED) is 0.536. The molecule has 0 aliphatic carbocycles. The Balaban J connectivity index is 1.94. The average Bonchev–Trinajstić information content (AvgIpc) is 2.58. The van der Waals surface area contributed by atoms with Gasteiger partial charge in [0, 0.05) is 17.0 Å². The van der Waals surface area contributed by atoms with Crippen molar-refractivity contribution in [2.75, 3.05) is 16.8 Å². The van der Waals surface area contributed by atoms with Gasteiger partial charge in [-0.05, 0) is 48.8 Å². The van der Waals surface area contributed by atoms with E-state index in [1.807, 2.05) is 24.3 Å². The number of halogens is 2. The summed E-state index contributed by atoms with van der Waals surface area (Å²) in [6.45, 7) is 2.81.